The van der Waals surface area contributed by atoms with Crippen molar-refractivity contribution in [3.05, 3.63) is 62.6 Å². The van der Waals surface area contributed by atoms with Gasteiger partial charge in [-0.25, -0.2) is 14.2 Å². The number of hydrogen-bond acceptors (Lipinski definition) is 6. The third-order valence-corrected chi connectivity index (χ3v) is 4.85. The van der Waals surface area contributed by atoms with Crippen molar-refractivity contribution in [3.8, 4) is 5.75 Å². The van der Waals surface area contributed by atoms with E-state index in [2.05, 4.69) is 43.2 Å². The molecule has 0 amide bonds. The fraction of sp³-hybridized carbons (Fsp3) is 0.0556. The summed E-state index contributed by atoms with van der Waals surface area (Å²) >= 11 is 8.35. The van der Waals surface area contributed by atoms with Crippen molar-refractivity contribution in [1.82, 2.24) is 9.97 Å². The molecule has 0 aliphatic carbocycles. The summed E-state index contributed by atoms with van der Waals surface area (Å²) in [4.78, 5) is 19.5. The van der Waals surface area contributed by atoms with Crippen molar-refractivity contribution < 1.29 is 19.0 Å². The molecule has 28 heavy (non-hydrogen) atoms. The smallest absolute Gasteiger partial charge is 0.338 e. The van der Waals surface area contributed by atoms with Gasteiger partial charge in [0.1, 0.15) is 16.6 Å². The third-order valence-electron chi connectivity index (χ3n) is 3.64. The number of nitrogens with one attached hydrogen (secondary N) is 2. The molecule has 0 aliphatic heterocycles. The Hall–Kier alpha value is -2.66. The Morgan fingerprint density at radius 3 is 2.68 bits per heavy atom. The number of para-hydroxylation sites is 1. The Labute approximate surface area is 178 Å². The van der Waals surface area contributed by atoms with Gasteiger partial charge in [0.25, 0.3) is 0 Å². The van der Waals surface area contributed by atoms with Gasteiger partial charge in [-0.3, -0.25) is 0 Å². The lowest BCUT2D eigenvalue weighted by atomic mass is 10.1. The molecule has 2 aromatic carbocycles. The quantitative estimate of drug-likeness (QED) is 0.395. The van der Waals surface area contributed by atoms with Gasteiger partial charge in [-0.2, -0.15) is 4.98 Å². The maximum Gasteiger partial charge on any atom is 0.338 e. The standard InChI is InChI=1S/C18H13ClFIN4O3/c1-28-15-6-9(17(26)27)11(20)7-14(15)24-18-22-8-10(19)16(25-18)23-13-5-3-2-4-12(13)21/h2-8H,1H3,(H,26,27)(H2,22,23,24,25). The molecular weight excluding hydrogens is 502 g/mol. The molecule has 3 aromatic rings. The molecule has 0 unspecified atom stereocenters. The lowest BCUT2D eigenvalue weighted by Crippen LogP contribution is -2.06. The highest BCUT2D eigenvalue weighted by atomic mass is 127. The van der Waals surface area contributed by atoms with Gasteiger partial charge in [0.15, 0.2) is 5.82 Å². The van der Waals surface area contributed by atoms with Gasteiger partial charge < -0.3 is 20.5 Å². The molecule has 0 fully saturated rings. The first-order chi connectivity index (χ1) is 13.4. The number of anilines is 4. The summed E-state index contributed by atoms with van der Waals surface area (Å²) in [6.45, 7) is 0. The van der Waals surface area contributed by atoms with Gasteiger partial charge in [-0.1, -0.05) is 23.7 Å². The third kappa shape index (κ3) is 4.42. The number of nitrogens with zero attached hydrogens (tertiary/aromatic N) is 2. The molecule has 0 bridgehead atoms. The van der Waals surface area contributed by atoms with E-state index in [0.717, 1.165) is 21.4 Å². The lowest BCUT2D eigenvalue weighted by molar-refractivity contribution is 0.0691. The molecule has 0 aliphatic rings. The minimum atomic E-state index is -1.39. The number of aromatic carboxylic acids is 1. The average Bonchev–Trinajstić information content (AvgIpc) is 2.66. The van der Waals surface area contributed by atoms with Crippen LogP contribution in [0.2, 0.25) is 5.02 Å². The Morgan fingerprint density at radius 1 is 1.25 bits per heavy atom. The number of rotatable bonds is 6. The van der Waals surface area contributed by atoms with E-state index in [0.29, 0.717) is 10.8 Å². The van der Waals surface area contributed by atoms with Crippen molar-refractivity contribution in [2.75, 3.05) is 17.7 Å². The van der Waals surface area contributed by atoms with Crippen LogP contribution in [0.3, 0.4) is 0 Å². The average molecular weight is 515 g/mol. The van der Waals surface area contributed by atoms with E-state index >= 15 is 0 Å². The summed E-state index contributed by atoms with van der Waals surface area (Å²) in [5.41, 5.74) is 0.483. The van der Waals surface area contributed by atoms with Crippen LogP contribution < -0.4 is 15.4 Å². The minimum Gasteiger partial charge on any atom is -0.495 e. The zero-order chi connectivity index (χ0) is 20.3. The van der Waals surface area contributed by atoms with Crippen LogP contribution in [0.1, 0.15) is 10.4 Å². The summed E-state index contributed by atoms with van der Waals surface area (Å²) in [5, 5.41) is 15.3. The van der Waals surface area contributed by atoms with Crippen molar-refractivity contribution in [2.24, 2.45) is 0 Å². The SMILES string of the molecule is COc1cc(C(=O)O)c(F)cc1Nc1ncc(Cl)c(Nc2ccccc2I)n1. The number of ether oxygens (including phenoxy) is 1. The predicted molar refractivity (Wildman–Crippen MR) is 113 cm³/mol. The van der Waals surface area contributed by atoms with Gasteiger partial charge >= 0.3 is 5.97 Å². The molecule has 0 saturated carbocycles. The largest absolute Gasteiger partial charge is 0.495 e. The maximum absolute atomic E-state index is 14.0. The Balaban J connectivity index is 1.92. The fourth-order valence-corrected chi connectivity index (χ4v) is 2.97. The lowest BCUT2D eigenvalue weighted by Gasteiger charge is -2.13. The fourth-order valence-electron chi connectivity index (χ4n) is 2.31. The van der Waals surface area contributed by atoms with E-state index in [4.69, 9.17) is 21.4 Å². The second kappa shape index (κ2) is 8.57. The number of halogens is 3. The Morgan fingerprint density at radius 2 is 2.00 bits per heavy atom. The highest BCUT2D eigenvalue weighted by molar-refractivity contribution is 14.1. The minimum absolute atomic E-state index is 0.124. The van der Waals surface area contributed by atoms with E-state index in [-0.39, 0.29) is 17.4 Å². The molecule has 0 spiro atoms. The number of methoxy groups -OCH3 is 1. The molecule has 0 atom stereocenters. The van der Waals surface area contributed by atoms with Crippen LogP contribution in [0.25, 0.3) is 0 Å². The molecule has 3 rings (SSSR count). The number of hydrogen-bond donors (Lipinski definition) is 3. The summed E-state index contributed by atoms with van der Waals surface area (Å²) in [6, 6.07) is 9.67. The van der Waals surface area contributed by atoms with Gasteiger partial charge in [0.2, 0.25) is 5.95 Å². The highest BCUT2D eigenvalue weighted by Gasteiger charge is 2.17. The summed E-state index contributed by atoms with van der Waals surface area (Å²) in [5.74, 6) is -1.70. The number of aromatic nitrogens is 2. The number of carboxylic acid groups (broad SMARTS) is 1. The summed E-state index contributed by atoms with van der Waals surface area (Å²) in [6.07, 6.45) is 1.39. The van der Waals surface area contributed by atoms with Crippen molar-refractivity contribution >= 4 is 63.3 Å². The zero-order valence-electron chi connectivity index (χ0n) is 14.3. The number of carboxylic acids is 1. The van der Waals surface area contributed by atoms with Gasteiger partial charge in [0, 0.05) is 9.64 Å². The van der Waals surface area contributed by atoms with Crippen LogP contribution >= 0.6 is 34.2 Å². The second-order valence-corrected chi connectivity index (χ2v) is 7.03. The van der Waals surface area contributed by atoms with E-state index in [1.165, 1.54) is 13.3 Å². The molecule has 0 saturated heterocycles. The van der Waals surface area contributed by atoms with Crippen LogP contribution in [0.5, 0.6) is 5.75 Å². The van der Waals surface area contributed by atoms with Crippen LogP contribution in [0, 0.1) is 9.39 Å². The molecule has 0 radical (unpaired) electrons. The molecular formula is C18H13ClFIN4O3. The van der Waals surface area contributed by atoms with Crippen LogP contribution in [0.15, 0.2) is 42.6 Å². The molecule has 7 nitrogen and oxygen atoms in total. The van der Waals surface area contributed by atoms with Gasteiger partial charge in [-0.15, -0.1) is 0 Å². The molecule has 10 heteroatoms. The van der Waals surface area contributed by atoms with Crippen molar-refractivity contribution in [1.29, 1.82) is 0 Å². The highest BCUT2D eigenvalue weighted by Crippen LogP contribution is 2.31. The summed E-state index contributed by atoms with van der Waals surface area (Å²) < 4.78 is 20.2. The number of benzene rings is 2. The van der Waals surface area contributed by atoms with Crippen LogP contribution in [0.4, 0.5) is 27.5 Å². The first-order valence-corrected chi connectivity index (χ1v) is 9.26. The van der Waals surface area contributed by atoms with E-state index < -0.39 is 17.3 Å². The molecule has 1 heterocycles. The monoisotopic (exact) mass is 514 g/mol. The Kier molecular flexibility index (Phi) is 6.15. The topological polar surface area (TPSA) is 96.4 Å². The van der Waals surface area contributed by atoms with Gasteiger partial charge in [-0.05, 0) is 40.8 Å². The molecule has 144 valence electrons. The predicted octanol–water partition coefficient (Wildman–Crippen LogP) is 5.07. The Bertz CT molecular complexity index is 1050. The summed E-state index contributed by atoms with van der Waals surface area (Å²) in [7, 11) is 1.34. The molecule has 3 N–H and O–H groups in total. The van der Waals surface area contributed by atoms with Crippen LogP contribution in [-0.2, 0) is 0 Å². The maximum atomic E-state index is 14.0. The number of carbonyl (C=O) groups is 1. The van der Waals surface area contributed by atoms with E-state index in [1.807, 2.05) is 24.3 Å². The van der Waals surface area contributed by atoms with Crippen LogP contribution in [-0.4, -0.2) is 28.2 Å². The first-order valence-electron chi connectivity index (χ1n) is 7.81. The normalized spacial score (nSPS) is 10.4. The van der Waals surface area contributed by atoms with Gasteiger partial charge in [0.05, 0.1) is 30.2 Å². The second-order valence-electron chi connectivity index (χ2n) is 5.46. The van der Waals surface area contributed by atoms with Crippen molar-refractivity contribution in [3.63, 3.8) is 0 Å². The molecule has 1 aromatic heterocycles. The zero-order valence-corrected chi connectivity index (χ0v) is 17.2. The van der Waals surface area contributed by atoms with Crippen molar-refractivity contribution in [2.45, 2.75) is 0 Å². The first kappa shape index (κ1) is 20.1. The van der Waals surface area contributed by atoms with E-state index in [9.17, 15) is 9.18 Å². The van der Waals surface area contributed by atoms with E-state index in [1.54, 1.807) is 0 Å².